The first-order valence-electron chi connectivity index (χ1n) is 7.24. The van der Waals surface area contributed by atoms with Crippen molar-refractivity contribution < 1.29 is 14.6 Å². The summed E-state index contributed by atoms with van der Waals surface area (Å²) in [6.07, 6.45) is 4.67. The van der Waals surface area contributed by atoms with Crippen molar-refractivity contribution in [2.75, 3.05) is 26.4 Å². The molecule has 2 aliphatic heterocycles. The van der Waals surface area contributed by atoms with Gasteiger partial charge in [0.05, 0.1) is 18.8 Å². The second-order valence-electron chi connectivity index (χ2n) is 6.06. The first-order valence-corrected chi connectivity index (χ1v) is 7.24. The van der Waals surface area contributed by atoms with Gasteiger partial charge in [-0.05, 0) is 31.6 Å². The van der Waals surface area contributed by atoms with Gasteiger partial charge in [0.1, 0.15) is 0 Å². The molecule has 0 aliphatic carbocycles. The predicted molar refractivity (Wildman–Crippen MR) is 70.6 cm³/mol. The summed E-state index contributed by atoms with van der Waals surface area (Å²) in [4.78, 5) is 0. The third-order valence-corrected chi connectivity index (χ3v) is 4.28. The van der Waals surface area contributed by atoms with Crippen LogP contribution in [0.15, 0.2) is 0 Å². The molecule has 0 amide bonds. The predicted octanol–water partition coefficient (Wildman–Crippen LogP) is 1.32. The van der Waals surface area contributed by atoms with Crippen LogP contribution in [0.1, 0.15) is 39.5 Å². The molecule has 4 heteroatoms. The molecule has 2 N–H and O–H groups in total. The molecule has 0 aromatic carbocycles. The molecule has 0 spiro atoms. The van der Waals surface area contributed by atoms with E-state index in [0.717, 1.165) is 45.4 Å². The van der Waals surface area contributed by atoms with E-state index < -0.39 is 0 Å². The van der Waals surface area contributed by atoms with Gasteiger partial charge >= 0.3 is 0 Å². The van der Waals surface area contributed by atoms with Crippen LogP contribution in [0, 0.1) is 5.92 Å². The second-order valence-corrected chi connectivity index (χ2v) is 6.06. The summed E-state index contributed by atoms with van der Waals surface area (Å²) in [6.45, 7) is 7.02. The Hall–Kier alpha value is -0.160. The summed E-state index contributed by atoms with van der Waals surface area (Å²) >= 11 is 0. The van der Waals surface area contributed by atoms with Crippen molar-refractivity contribution in [1.82, 2.24) is 5.32 Å². The zero-order valence-corrected chi connectivity index (χ0v) is 11.7. The Morgan fingerprint density at radius 3 is 2.78 bits per heavy atom. The zero-order valence-electron chi connectivity index (χ0n) is 11.7. The molecule has 0 saturated carbocycles. The van der Waals surface area contributed by atoms with E-state index in [9.17, 15) is 5.11 Å². The van der Waals surface area contributed by atoms with Crippen molar-refractivity contribution in [3.8, 4) is 0 Å². The Morgan fingerprint density at radius 1 is 1.33 bits per heavy atom. The van der Waals surface area contributed by atoms with Crippen LogP contribution in [0.5, 0.6) is 0 Å². The van der Waals surface area contributed by atoms with Crippen LogP contribution < -0.4 is 5.32 Å². The molecule has 0 aromatic rings. The van der Waals surface area contributed by atoms with E-state index in [4.69, 9.17) is 9.47 Å². The summed E-state index contributed by atoms with van der Waals surface area (Å²) in [5.74, 6) is 0.501. The quantitative estimate of drug-likeness (QED) is 0.780. The van der Waals surface area contributed by atoms with Crippen molar-refractivity contribution >= 4 is 0 Å². The first-order chi connectivity index (χ1) is 8.65. The second kappa shape index (κ2) is 6.33. The molecule has 2 rings (SSSR count). The van der Waals surface area contributed by atoms with E-state index in [0.29, 0.717) is 12.0 Å². The third-order valence-electron chi connectivity index (χ3n) is 4.28. The third kappa shape index (κ3) is 3.44. The highest BCUT2D eigenvalue weighted by Gasteiger charge is 2.37. The smallest absolute Gasteiger partial charge is 0.0700 e. The fourth-order valence-corrected chi connectivity index (χ4v) is 2.88. The fraction of sp³-hybridized carbons (Fsp3) is 1.00. The van der Waals surface area contributed by atoms with E-state index in [-0.39, 0.29) is 18.2 Å². The zero-order chi connectivity index (χ0) is 13.0. The average molecular weight is 257 g/mol. The van der Waals surface area contributed by atoms with Gasteiger partial charge in [-0.15, -0.1) is 0 Å². The minimum Gasteiger partial charge on any atom is -0.394 e. The maximum absolute atomic E-state index is 9.76. The minimum absolute atomic E-state index is 0.168. The maximum Gasteiger partial charge on any atom is 0.0700 e. The van der Waals surface area contributed by atoms with E-state index >= 15 is 0 Å². The standard InChI is InChI=1S/C14H27NO3/c1-11(2)13-8-14(10-16,5-7-18-13)15-9-12-4-3-6-17-12/h11-13,15-16H,3-10H2,1-2H3. The van der Waals surface area contributed by atoms with Crippen molar-refractivity contribution in [3.63, 3.8) is 0 Å². The molecular weight excluding hydrogens is 230 g/mol. The van der Waals surface area contributed by atoms with Gasteiger partial charge in [-0.2, -0.15) is 0 Å². The number of nitrogens with one attached hydrogen (secondary N) is 1. The highest BCUT2D eigenvalue weighted by Crippen LogP contribution is 2.28. The topological polar surface area (TPSA) is 50.7 Å². The van der Waals surface area contributed by atoms with Gasteiger partial charge in [0.25, 0.3) is 0 Å². The SMILES string of the molecule is CC(C)C1CC(CO)(NCC2CCCO2)CCO1. The van der Waals surface area contributed by atoms with E-state index in [1.165, 1.54) is 0 Å². The lowest BCUT2D eigenvalue weighted by atomic mass is 9.83. The van der Waals surface area contributed by atoms with Gasteiger partial charge in [-0.1, -0.05) is 13.8 Å². The van der Waals surface area contributed by atoms with Crippen LogP contribution in [-0.4, -0.2) is 49.2 Å². The molecule has 106 valence electrons. The van der Waals surface area contributed by atoms with Gasteiger partial charge in [0.2, 0.25) is 0 Å². The van der Waals surface area contributed by atoms with E-state index in [1.807, 2.05) is 0 Å². The summed E-state index contributed by atoms with van der Waals surface area (Å²) in [7, 11) is 0. The lowest BCUT2D eigenvalue weighted by Gasteiger charge is -2.42. The molecule has 2 heterocycles. The van der Waals surface area contributed by atoms with Crippen LogP contribution in [0.2, 0.25) is 0 Å². The highest BCUT2D eigenvalue weighted by molar-refractivity contribution is 4.94. The summed E-state index contributed by atoms with van der Waals surface area (Å²) < 4.78 is 11.4. The van der Waals surface area contributed by atoms with Gasteiger partial charge in [-0.3, -0.25) is 0 Å². The molecule has 4 nitrogen and oxygen atoms in total. The number of aliphatic hydroxyl groups excluding tert-OH is 1. The first kappa shape index (κ1) is 14.3. The van der Waals surface area contributed by atoms with Gasteiger partial charge < -0.3 is 19.9 Å². The molecule has 2 fully saturated rings. The van der Waals surface area contributed by atoms with Crippen LogP contribution in [-0.2, 0) is 9.47 Å². The molecule has 3 unspecified atom stereocenters. The Kier molecular flexibility index (Phi) is 5.01. The monoisotopic (exact) mass is 257 g/mol. The van der Waals surface area contributed by atoms with Gasteiger partial charge in [0, 0.05) is 25.3 Å². The van der Waals surface area contributed by atoms with Gasteiger partial charge in [0.15, 0.2) is 0 Å². The number of hydrogen-bond donors (Lipinski definition) is 2. The van der Waals surface area contributed by atoms with Crippen molar-refractivity contribution in [3.05, 3.63) is 0 Å². The normalized spacial score (nSPS) is 37.3. The lowest BCUT2D eigenvalue weighted by Crippen LogP contribution is -2.56. The largest absolute Gasteiger partial charge is 0.394 e. The maximum atomic E-state index is 9.76. The molecule has 3 atom stereocenters. The molecular formula is C14H27NO3. The Morgan fingerprint density at radius 2 is 2.17 bits per heavy atom. The number of hydrogen-bond acceptors (Lipinski definition) is 4. The van der Waals surface area contributed by atoms with Crippen molar-refractivity contribution in [1.29, 1.82) is 0 Å². The number of rotatable bonds is 5. The van der Waals surface area contributed by atoms with Crippen molar-refractivity contribution in [2.45, 2.75) is 57.3 Å². The number of aliphatic hydroxyl groups is 1. The minimum atomic E-state index is -0.168. The summed E-state index contributed by atoms with van der Waals surface area (Å²) in [5.41, 5.74) is -0.168. The molecule has 18 heavy (non-hydrogen) atoms. The molecule has 2 aliphatic rings. The Balaban J connectivity index is 1.87. The van der Waals surface area contributed by atoms with E-state index in [2.05, 4.69) is 19.2 Å². The Bertz CT molecular complexity index is 253. The fourth-order valence-electron chi connectivity index (χ4n) is 2.88. The van der Waals surface area contributed by atoms with Crippen LogP contribution in [0.25, 0.3) is 0 Å². The Labute approximate surface area is 110 Å². The summed E-state index contributed by atoms with van der Waals surface area (Å²) in [5, 5.41) is 13.3. The molecule has 2 saturated heterocycles. The van der Waals surface area contributed by atoms with Crippen molar-refractivity contribution in [2.24, 2.45) is 5.92 Å². The van der Waals surface area contributed by atoms with Crippen LogP contribution in [0.4, 0.5) is 0 Å². The molecule has 0 bridgehead atoms. The molecule has 0 radical (unpaired) electrons. The lowest BCUT2D eigenvalue weighted by molar-refractivity contribution is -0.0670. The number of ether oxygens (including phenoxy) is 2. The summed E-state index contributed by atoms with van der Waals surface area (Å²) in [6, 6.07) is 0. The van der Waals surface area contributed by atoms with E-state index in [1.54, 1.807) is 0 Å². The average Bonchev–Trinajstić information content (AvgIpc) is 2.90. The van der Waals surface area contributed by atoms with Gasteiger partial charge in [-0.25, -0.2) is 0 Å². The molecule has 0 aromatic heterocycles. The highest BCUT2D eigenvalue weighted by atomic mass is 16.5. The van der Waals surface area contributed by atoms with Crippen LogP contribution >= 0.6 is 0 Å². The van der Waals surface area contributed by atoms with Crippen LogP contribution in [0.3, 0.4) is 0 Å².